The molecule has 3 aromatic carbocycles. The van der Waals surface area contributed by atoms with Gasteiger partial charge in [0.25, 0.3) is 11.8 Å². The van der Waals surface area contributed by atoms with Gasteiger partial charge in [-0.05, 0) is 83.6 Å². The van der Waals surface area contributed by atoms with Crippen LogP contribution < -0.4 is 10.2 Å². The van der Waals surface area contributed by atoms with Gasteiger partial charge in [0.2, 0.25) is 0 Å². The van der Waals surface area contributed by atoms with Gasteiger partial charge in [-0.25, -0.2) is 0 Å². The molecule has 0 radical (unpaired) electrons. The topological polar surface area (TPSA) is 52.7 Å². The molecule has 1 heterocycles. The molecule has 0 saturated carbocycles. The third-order valence-electron chi connectivity index (χ3n) is 5.61. The van der Waals surface area contributed by atoms with Crippen LogP contribution in [-0.4, -0.2) is 42.9 Å². The maximum Gasteiger partial charge on any atom is 0.257 e. The molecule has 0 atom stereocenters. The quantitative estimate of drug-likeness (QED) is 0.432. The van der Waals surface area contributed by atoms with E-state index in [1.54, 1.807) is 12.1 Å². The number of carbonyl (C=O) groups excluding carboxylic acids is 2. The third kappa shape index (κ3) is 5.07. The molecule has 7 heteroatoms. The summed E-state index contributed by atoms with van der Waals surface area (Å²) in [6.45, 7) is 4.85. The average molecular weight is 560 g/mol. The van der Waals surface area contributed by atoms with Crippen molar-refractivity contribution >= 4 is 57.4 Å². The summed E-state index contributed by atoms with van der Waals surface area (Å²) >= 11 is 8.32. The lowest BCUT2D eigenvalue weighted by Crippen LogP contribution is -2.48. The molecule has 0 aliphatic carbocycles. The standard InChI is InChI=1S/C25H23ClIN3O2/c1-17-4-2-3-5-21(17)25(32)30-14-12-29(13-15-30)20-9-7-19(8-10-20)28-24(31)22-16-18(27)6-11-23(22)26/h2-11,16H,12-15H2,1H3,(H,28,31). The van der Waals surface area contributed by atoms with E-state index in [4.69, 9.17) is 11.6 Å². The molecule has 2 amide bonds. The van der Waals surface area contributed by atoms with Gasteiger partial charge < -0.3 is 15.1 Å². The fourth-order valence-corrected chi connectivity index (χ4v) is 4.47. The molecule has 164 valence electrons. The summed E-state index contributed by atoms with van der Waals surface area (Å²) in [5.74, 6) is -0.139. The third-order valence-corrected chi connectivity index (χ3v) is 6.61. The predicted octanol–water partition coefficient (Wildman–Crippen LogP) is 5.47. The van der Waals surface area contributed by atoms with Crippen molar-refractivity contribution in [1.82, 2.24) is 4.90 Å². The molecule has 1 aliphatic rings. The SMILES string of the molecule is Cc1ccccc1C(=O)N1CCN(c2ccc(NC(=O)c3cc(I)ccc3Cl)cc2)CC1. The van der Waals surface area contributed by atoms with Crippen molar-refractivity contribution in [1.29, 1.82) is 0 Å². The number of rotatable bonds is 4. The zero-order chi connectivity index (χ0) is 22.7. The predicted molar refractivity (Wildman–Crippen MR) is 138 cm³/mol. The van der Waals surface area contributed by atoms with Crippen LogP contribution in [0.5, 0.6) is 0 Å². The van der Waals surface area contributed by atoms with Crippen molar-refractivity contribution in [3.05, 3.63) is 92.0 Å². The van der Waals surface area contributed by atoms with Gasteiger partial charge in [0, 0.05) is 46.7 Å². The van der Waals surface area contributed by atoms with Gasteiger partial charge in [-0.2, -0.15) is 0 Å². The van der Waals surface area contributed by atoms with E-state index in [1.807, 2.05) is 66.4 Å². The van der Waals surface area contributed by atoms with Crippen LogP contribution in [0.4, 0.5) is 11.4 Å². The van der Waals surface area contributed by atoms with Crippen LogP contribution in [0.2, 0.25) is 5.02 Å². The number of nitrogens with zero attached hydrogens (tertiary/aromatic N) is 2. The molecule has 1 aliphatic heterocycles. The lowest BCUT2D eigenvalue weighted by atomic mass is 10.1. The first-order valence-corrected chi connectivity index (χ1v) is 11.8. The minimum Gasteiger partial charge on any atom is -0.368 e. The Morgan fingerprint density at radius 3 is 2.28 bits per heavy atom. The van der Waals surface area contributed by atoms with E-state index in [0.29, 0.717) is 29.4 Å². The van der Waals surface area contributed by atoms with Crippen molar-refractivity contribution in [3.8, 4) is 0 Å². The number of aryl methyl sites for hydroxylation is 1. The fraction of sp³-hybridized carbons (Fsp3) is 0.200. The maximum atomic E-state index is 12.8. The number of nitrogens with one attached hydrogen (secondary N) is 1. The normalized spacial score (nSPS) is 13.7. The Bertz CT molecular complexity index is 1140. The van der Waals surface area contributed by atoms with Crippen molar-refractivity contribution in [2.75, 3.05) is 36.4 Å². The average Bonchev–Trinajstić information content (AvgIpc) is 2.81. The molecule has 32 heavy (non-hydrogen) atoms. The summed E-state index contributed by atoms with van der Waals surface area (Å²) in [4.78, 5) is 29.6. The number of anilines is 2. The number of amides is 2. The first-order valence-electron chi connectivity index (χ1n) is 10.4. The molecule has 0 spiro atoms. The second-order valence-corrected chi connectivity index (χ2v) is 9.37. The molecular formula is C25H23ClIN3O2. The van der Waals surface area contributed by atoms with Gasteiger partial charge in [0.15, 0.2) is 0 Å². The summed E-state index contributed by atoms with van der Waals surface area (Å²) < 4.78 is 0.951. The molecule has 1 N–H and O–H groups in total. The number of halogens is 2. The highest BCUT2D eigenvalue weighted by atomic mass is 127. The number of hydrogen-bond donors (Lipinski definition) is 1. The Kier molecular flexibility index (Phi) is 7.01. The Morgan fingerprint density at radius 1 is 0.906 bits per heavy atom. The summed E-state index contributed by atoms with van der Waals surface area (Å²) in [5, 5.41) is 3.33. The number of piperazine rings is 1. The van der Waals surface area contributed by atoms with Crippen molar-refractivity contribution < 1.29 is 9.59 Å². The van der Waals surface area contributed by atoms with Gasteiger partial charge in [0.05, 0.1) is 10.6 Å². The van der Waals surface area contributed by atoms with E-state index in [-0.39, 0.29) is 11.8 Å². The van der Waals surface area contributed by atoms with E-state index < -0.39 is 0 Å². The monoisotopic (exact) mass is 559 g/mol. The summed E-state index contributed by atoms with van der Waals surface area (Å²) in [5.41, 5.74) is 4.01. The van der Waals surface area contributed by atoms with E-state index in [0.717, 1.165) is 33.5 Å². The van der Waals surface area contributed by atoms with Crippen LogP contribution in [0.3, 0.4) is 0 Å². The van der Waals surface area contributed by atoms with Gasteiger partial charge in [0.1, 0.15) is 0 Å². The maximum absolute atomic E-state index is 12.8. The van der Waals surface area contributed by atoms with Gasteiger partial charge in [-0.1, -0.05) is 29.8 Å². The van der Waals surface area contributed by atoms with Gasteiger partial charge in [-0.15, -0.1) is 0 Å². The zero-order valence-electron chi connectivity index (χ0n) is 17.6. The van der Waals surface area contributed by atoms with E-state index >= 15 is 0 Å². The van der Waals surface area contributed by atoms with Crippen molar-refractivity contribution in [2.24, 2.45) is 0 Å². The Balaban J connectivity index is 1.36. The van der Waals surface area contributed by atoms with E-state index in [1.165, 1.54) is 0 Å². The second kappa shape index (κ2) is 9.92. The Labute approximate surface area is 206 Å². The largest absolute Gasteiger partial charge is 0.368 e. The lowest BCUT2D eigenvalue weighted by Gasteiger charge is -2.36. The summed E-state index contributed by atoms with van der Waals surface area (Å²) in [7, 11) is 0. The fourth-order valence-electron chi connectivity index (χ4n) is 3.78. The highest BCUT2D eigenvalue weighted by Crippen LogP contribution is 2.23. The first-order chi connectivity index (χ1) is 15.4. The number of carbonyl (C=O) groups is 2. The molecule has 3 aromatic rings. The number of hydrogen-bond acceptors (Lipinski definition) is 3. The zero-order valence-corrected chi connectivity index (χ0v) is 20.6. The molecule has 0 unspecified atom stereocenters. The molecule has 5 nitrogen and oxygen atoms in total. The Hall–Kier alpha value is -2.58. The highest BCUT2D eigenvalue weighted by molar-refractivity contribution is 14.1. The van der Waals surface area contributed by atoms with Crippen LogP contribution in [0.25, 0.3) is 0 Å². The molecule has 1 fully saturated rings. The Morgan fingerprint density at radius 2 is 1.59 bits per heavy atom. The highest BCUT2D eigenvalue weighted by Gasteiger charge is 2.23. The molecule has 4 rings (SSSR count). The van der Waals surface area contributed by atoms with Crippen LogP contribution in [0.15, 0.2) is 66.7 Å². The summed E-state index contributed by atoms with van der Waals surface area (Å²) in [6.07, 6.45) is 0. The molecular weight excluding hydrogens is 537 g/mol. The smallest absolute Gasteiger partial charge is 0.257 e. The minimum atomic E-state index is -0.232. The van der Waals surface area contributed by atoms with Gasteiger partial charge in [-0.3, -0.25) is 9.59 Å². The molecule has 0 aromatic heterocycles. The van der Waals surface area contributed by atoms with Crippen molar-refractivity contribution in [2.45, 2.75) is 6.92 Å². The van der Waals surface area contributed by atoms with E-state index in [2.05, 4.69) is 32.8 Å². The van der Waals surface area contributed by atoms with Crippen LogP contribution in [-0.2, 0) is 0 Å². The van der Waals surface area contributed by atoms with E-state index in [9.17, 15) is 9.59 Å². The van der Waals surface area contributed by atoms with Gasteiger partial charge >= 0.3 is 0 Å². The van der Waals surface area contributed by atoms with Crippen LogP contribution >= 0.6 is 34.2 Å². The molecule has 0 bridgehead atoms. The van der Waals surface area contributed by atoms with Crippen LogP contribution in [0.1, 0.15) is 26.3 Å². The minimum absolute atomic E-state index is 0.0926. The van der Waals surface area contributed by atoms with Crippen LogP contribution in [0, 0.1) is 10.5 Å². The lowest BCUT2D eigenvalue weighted by molar-refractivity contribution is 0.0746. The second-order valence-electron chi connectivity index (χ2n) is 7.72. The van der Waals surface area contributed by atoms with Crippen molar-refractivity contribution in [3.63, 3.8) is 0 Å². The molecule has 1 saturated heterocycles. The first kappa shape index (κ1) is 22.6. The number of benzene rings is 3. The summed E-state index contributed by atoms with van der Waals surface area (Å²) in [6, 6.07) is 20.8.